The summed E-state index contributed by atoms with van der Waals surface area (Å²) in [5, 5.41) is 18.8. The smallest absolute Gasteiger partial charge is 0.318 e. The van der Waals surface area contributed by atoms with Gasteiger partial charge in [0, 0.05) is 32.7 Å². The number of aliphatic hydroxyl groups is 1. The minimum absolute atomic E-state index is 0.345. The van der Waals surface area contributed by atoms with E-state index in [0.717, 1.165) is 0 Å². The summed E-state index contributed by atoms with van der Waals surface area (Å²) < 4.78 is 0. The van der Waals surface area contributed by atoms with Crippen molar-refractivity contribution in [3.05, 3.63) is 0 Å². The van der Waals surface area contributed by atoms with Gasteiger partial charge in [0.1, 0.15) is 5.41 Å². The number of hydrogen-bond donors (Lipinski definition) is 2. The van der Waals surface area contributed by atoms with Crippen molar-refractivity contribution in [3.63, 3.8) is 0 Å². The van der Waals surface area contributed by atoms with Gasteiger partial charge in [0.15, 0.2) is 0 Å². The van der Waals surface area contributed by atoms with Gasteiger partial charge in [0.05, 0.1) is 5.60 Å². The standard InChI is InChI=1S/C13H24N2O4/c1-12(2,19)9-14-5-7-15(8-6-14)10(16)13(3,4)11(17)18/h19H,5-9H2,1-4H3,(H,17,18). The zero-order valence-electron chi connectivity index (χ0n) is 12.1. The van der Waals surface area contributed by atoms with E-state index in [4.69, 9.17) is 5.11 Å². The maximum atomic E-state index is 12.1. The van der Waals surface area contributed by atoms with E-state index in [1.165, 1.54) is 13.8 Å². The summed E-state index contributed by atoms with van der Waals surface area (Å²) in [6.45, 7) is 9.24. The van der Waals surface area contributed by atoms with Crippen LogP contribution < -0.4 is 0 Å². The van der Waals surface area contributed by atoms with Crippen LogP contribution in [0.1, 0.15) is 27.7 Å². The van der Waals surface area contributed by atoms with Gasteiger partial charge in [0.2, 0.25) is 5.91 Å². The van der Waals surface area contributed by atoms with Crippen LogP contribution in [-0.4, -0.2) is 70.2 Å². The Morgan fingerprint density at radius 3 is 1.89 bits per heavy atom. The van der Waals surface area contributed by atoms with Crippen LogP contribution in [0.4, 0.5) is 0 Å². The third kappa shape index (κ3) is 4.18. The number of carboxylic acids is 1. The van der Waals surface area contributed by atoms with E-state index in [2.05, 4.69) is 4.90 Å². The molecule has 0 spiro atoms. The monoisotopic (exact) mass is 272 g/mol. The number of rotatable bonds is 4. The molecular weight excluding hydrogens is 248 g/mol. The molecule has 110 valence electrons. The molecule has 1 amide bonds. The van der Waals surface area contributed by atoms with Gasteiger partial charge in [-0.2, -0.15) is 0 Å². The predicted octanol–water partition coefficient (Wildman–Crippen LogP) is 0.0123. The predicted molar refractivity (Wildman–Crippen MR) is 70.7 cm³/mol. The molecule has 1 heterocycles. The minimum Gasteiger partial charge on any atom is -0.480 e. The SMILES string of the molecule is CC(C)(O)CN1CCN(C(=O)C(C)(C)C(=O)O)CC1. The molecule has 0 aromatic heterocycles. The molecule has 1 aliphatic heterocycles. The molecule has 19 heavy (non-hydrogen) atoms. The average Bonchev–Trinajstić information content (AvgIpc) is 2.26. The quantitative estimate of drug-likeness (QED) is 0.705. The molecule has 0 bridgehead atoms. The van der Waals surface area contributed by atoms with E-state index in [1.807, 2.05) is 0 Å². The topological polar surface area (TPSA) is 81.1 Å². The highest BCUT2D eigenvalue weighted by Crippen LogP contribution is 2.20. The molecule has 0 radical (unpaired) electrons. The summed E-state index contributed by atoms with van der Waals surface area (Å²) in [5.74, 6) is -1.45. The van der Waals surface area contributed by atoms with Crippen molar-refractivity contribution < 1.29 is 19.8 Å². The van der Waals surface area contributed by atoms with Crippen LogP contribution >= 0.6 is 0 Å². The van der Waals surface area contributed by atoms with Crippen molar-refractivity contribution in [2.45, 2.75) is 33.3 Å². The van der Waals surface area contributed by atoms with Gasteiger partial charge in [-0.25, -0.2) is 0 Å². The molecule has 1 rings (SSSR count). The largest absolute Gasteiger partial charge is 0.480 e. The molecule has 6 nitrogen and oxygen atoms in total. The van der Waals surface area contributed by atoms with Crippen LogP contribution in [0.15, 0.2) is 0 Å². The van der Waals surface area contributed by atoms with Crippen molar-refractivity contribution in [1.29, 1.82) is 0 Å². The van der Waals surface area contributed by atoms with E-state index >= 15 is 0 Å². The summed E-state index contributed by atoms with van der Waals surface area (Å²) >= 11 is 0. The highest BCUT2D eigenvalue weighted by molar-refractivity contribution is 6.01. The van der Waals surface area contributed by atoms with Crippen molar-refractivity contribution in [2.75, 3.05) is 32.7 Å². The minimum atomic E-state index is -1.38. The normalized spacial score (nSPS) is 18.5. The second kappa shape index (κ2) is 5.46. The number of carbonyl (C=O) groups excluding carboxylic acids is 1. The molecule has 0 atom stereocenters. The van der Waals surface area contributed by atoms with Crippen LogP contribution in [0.3, 0.4) is 0 Å². The molecule has 0 aromatic rings. The summed E-state index contributed by atoms with van der Waals surface area (Å²) in [4.78, 5) is 26.9. The highest BCUT2D eigenvalue weighted by Gasteiger charge is 2.40. The van der Waals surface area contributed by atoms with Crippen LogP contribution in [0.25, 0.3) is 0 Å². The van der Waals surface area contributed by atoms with Gasteiger partial charge in [-0.1, -0.05) is 0 Å². The Kier molecular flexibility index (Phi) is 4.58. The molecule has 6 heteroatoms. The molecule has 0 saturated carbocycles. The zero-order chi connectivity index (χ0) is 14.8. The van der Waals surface area contributed by atoms with E-state index in [1.54, 1.807) is 18.7 Å². The second-order valence-corrected chi connectivity index (χ2v) is 6.31. The molecule has 2 N–H and O–H groups in total. The number of piperazine rings is 1. The lowest BCUT2D eigenvalue weighted by Gasteiger charge is -2.39. The van der Waals surface area contributed by atoms with Crippen molar-refractivity contribution >= 4 is 11.9 Å². The molecule has 0 unspecified atom stereocenters. The third-order valence-electron chi connectivity index (χ3n) is 3.34. The number of carbonyl (C=O) groups is 2. The van der Waals surface area contributed by atoms with Crippen LogP contribution in [-0.2, 0) is 9.59 Å². The van der Waals surface area contributed by atoms with Gasteiger partial charge < -0.3 is 15.1 Å². The fourth-order valence-electron chi connectivity index (χ4n) is 2.14. The Labute approximate surface area is 114 Å². The van der Waals surface area contributed by atoms with E-state index in [0.29, 0.717) is 32.7 Å². The molecular formula is C13H24N2O4. The van der Waals surface area contributed by atoms with Crippen LogP contribution in [0.5, 0.6) is 0 Å². The third-order valence-corrected chi connectivity index (χ3v) is 3.34. The zero-order valence-corrected chi connectivity index (χ0v) is 12.1. The highest BCUT2D eigenvalue weighted by atomic mass is 16.4. The fraction of sp³-hybridized carbons (Fsp3) is 0.846. The maximum Gasteiger partial charge on any atom is 0.318 e. The molecule has 1 saturated heterocycles. The Morgan fingerprint density at radius 1 is 1.05 bits per heavy atom. The number of amides is 1. The lowest BCUT2D eigenvalue weighted by molar-refractivity contribution is -0.159. The Bertz CT molecular complexity index is 352. The van der Waals surface area contributed by atoms with Gasteiger partial charge in [-0.15, -0.1) is 0 Å². The molecule has 1 aliphatic rings. The van der Waals surface area contributed by atoms with Crippen LogP contribution in [0, 0.1) is 5.41 Å². The van der Waals surface area contributed by atoms with E-state index < -0.39 is 17.0 Å². The summed E-state index contributed by atoms with van der Waals surface area (Å²) in [6, 6.07) is 0. The lowest BCUT2D eigenvalue weighted by Crippen LogP contribution is -2.55. The Balaban J connectivity index is 2.55. The fourth-order valence-corrected chi connectivity index (χ4v) is 2.14. The van der Waals surface area contributed by atoms with Gasteiger partial charge in [-0.05, 0) is 27.7 Å². The summed E-state index contributed by atoms with van der Waals surface area (Å²) in [7, 11) is 0. The number of aliphatic carboxylic acids is 1. The van der Waals surface area contributed by atoms with E-state index in [-0.39, 0.29) is 5.91 Å². The number of carboxylic acid groups (broad SMARTS) is 1. The molecule has 1 fully saturated rings. The first kappa shape index (κ1) is 15.9. The van der Waals surface area contributed by atoms with Crippen LogP contribution in [0.2, 0.25) is 0 Å². The number of hydrogen-bond acceptors (Lipinski definition) is 4. The number of β-amino-alcohol motifs (C(OH)–C–C–N with tert-alkyl or cyclic N) is 1. The van der Waals surface area contributed by atoms with Gasteiger partial charge in [-0.3, -0.25) is 14.5 Å². The first-order valence-corrected chi connectivity index (χ1v) is 6.51. The number of nitrogens with zero attached hydrogens (tertiary/aromatic N) is 2. The average molecular weight is 272 g/mol. The lowest BCUT2D eigenvalue weighted by atomic mass is 9.91. The Morgan fingerprint density at radius 2 is 1.53 bits per heavy atom. The van der Waals surface area contributed by atoms with Crippen molar-refractivity contribution in [1.82, 2.24) is 9.80 Å². The van der Waals surface area contributed by atoms with Gasteiger partial charge >= 0.3 is 5.97 Å². The molecule has 0 aliphatic carbocycles. The summed E-state index contributed by atoms with van der Waals surface area (Å²) in [5.41, 5.74) is -2.13. The van der Waals surface area contributed by atoms with Gasteiger partial charge in [0.25, 0.3) is 0 Å². The van der Waals surface area contributed by atoms with Crippen molar-refractivity contribution in [2.24, 2.45) is 5.41 Å². The first-order chi connectivity index (χ1) is 8.54. The molecule has 0 aromatic carbocycles. The van der Waals surface area contributed by atoms with Crippen molar-refractivity contribution in [3.8, 4) is 0 Å². The maximum absolute atomic E-state index is 12.1. The van der Waals surface area contributed by atoms with E-state index in [9.17, 15) is 14.7 Å². The Hall–Kier alpha value is -1.14. The summed E-state index contributed by atoms with van der Waals surface area (Å²) in [6.07, 6.45) is 0. The first-order valence-electron chi connectivity index (χ1n) is 6.51. The second-order valence-electron chi connectivity index (χ2n) is 6.31.